The molecule has 0 saturated carbocycles. The quantitative estimate of drug-likeness (QED) is 0.479. The van der Waals surface area contributed by atoms with Crippen molar-refractivity contribution in [2.24, 2.45) is 0 Å². The van der Waals surface area contributed by atoms with Crippen molar-refractivity contribution in [2.75, 3.05) is 13.2 Å². The minimum absolute atomic E-state index is 0.317. The Kier molecular flexibility index (Phi) is 5.95. The number of nitrogens with zero attached hydrogens (tertiary/aromatic N) is 2. The van der Waals surface area contributed by atoms with Gasteiger partial charge in [-0.1, -0.05) is 31.2 Å². The van der Waals surface area contributed by atoms with Gasteiger partial charge < -0.3 is 9.47 Å². The average molecular weight is 431 g/mol. The number of amides is 2. The summed E-state index contributed by atoms with van der Waals surface area (Å²) in [6.07, 6.45) is 3.85. The number of aromatic nitrogens is 1. The summed E-state index contributed by atoms with van der Waals surface area (Å²) in [6.45, 7) is 6.74. The first-order valence-electron chi connectivity index (χ1n) is 10.9. The Balaban J connectivity index is 1.96. The Hall–Kier alpha value is -3.67. The van der Waals surface area contributed by atoms with E-state index in [1.54, 1.807) is 36.7 Å². The van der Waals surface area contributed by atoms with Crippen molar-refractivity contribution in [2.45, 2.75) is 32.7 Å². The first kappa shape index (κ1) is 21.6. The Morgan fingerprint density at radius 2 is 1.47 bits per heavy atom. The van der Waals surface area contributed by atoms with Crippen LogP contribution in [0.3, 0.4) is 0 Å². The standard InChI is InChI=1S/C26H26N2O4/c1-4-26(19-10-9-15-27-17-19,18-13-14-22(31-5-2)23(16-18)32-6-3)28-24(29)20-11-7-8-12-21(20)25(28)30/h7-17H,4-6H2,1-3H3/t26-/m0/s1. The van der Waals surface area contributed by atoms with Crippen molar-refractivity contribution in [3.05, 3.63) is 89.2 Å². The minimum Gasteiger partial charge on any atom is -0.490 e. The van der Waals surface area contributed by atoms with E-state index in [2.05, 4.69) is 4.98 Å². The molecule has 0 N–H and O–H groups in total. The fraction of sp³-hybridized carbons (Fsp3) is 0.269. The van der Waals surface area contributed by atoms with Gasteiger partial charge in [-0.05, 0) is 56.2 Å². The Morgan fingerprint density at radius 1 is 0.812 bits per heavy atom. The molecular weight excluding hydrogens is 404 g/mol. The van der Waals surface area contributed by atoms with E-state index in [4.69, 9.17) is 9.47 Å². The number of carbonyl (C=O) groups is 2. The molecule has 0 bridgehead atoms. The third-order valence-electron chi connectivity index (χ3n) is 5.85. The smallest absolute Gasteiger partial charge is 0.262 e. The number of rotatable bonds is 8. The lowest BCUT2D eigenvalue weighted by molar-refractivity contribution is 0.0470. The van der Waals surface area contributed by atoms with Gasteiger partial charge in [0, 0.05) is 18.0 Å². The monoisotopic (exact) mass is 430 g/mol. The van der Waals surface area contributed by atoms with E-state index in [0.717, 1.165) is 11.1 Å². The number of carbonyl (C=O) groups excluding carboxylic acids is 2. The molecule has 32 heavy (non-hydrogen) atoms. The Morgan fingerprint density at radius 3 is 2.03 bits per heavy atom. The molecule has 1 aromatic heterocycles. The van der Waals surface area contributed by atoms with E-state index < -0.39 is 5.54 Å². The maximum Gasteiger partial charge on any atom is 0.262 e. The molecule has 3 aromatic rings. The predicted molar refractivity (Wildman–Crippen MR) is 121 cm³/mol. The van der Waals surface area contributed by atoms with E-state index in [0.29, 0.717) is 42.3 Å². The van der Waals surface area contributed by atoms with Crippen LogP contribution >= 0.6 is 0 Å². The van der Waals surface area contributed by atoms with E-state index in [1.165, 1.54) is 4.90 Å². The molecule has 0 spiro atoms. The highest BCUT2D eigenvalue weighted by atomic mass is 16.5. The van der Waals surface area contributed by atoms with E-state index in [-0.39, 0.29) is 11.8 Å². The molecule has 0 radical (unpaired) electrons. The van der Waals surface area contributed by atoms with Crippen LogP contribution < -0.4 is 9.47 Å². The van der Waals surface area contributed by atoms with Crippen LogP contribution in [-0.2, 0) is 5.54 Å². The molecular formula is C26H26N2O4. The highest BCUT2D eigenvalue weighted by molar-refractivity contribution is 6.22. The van der Waals surface area contributed by atoms with Gasteiger partial charge in [0.2, 0.25) is 0 Å². The molecule has 1 aliphatic rings. The first-order chi connectivity index (χ1) is 15.6. The number of fused-ring (bicyclic) bond motifs is 1. The molecule has 4 rings (SSSR count). The van der Waals surface area contributed by atoms with Gasteiger partial charge in [-0.3, -0.25) is 19.5 Å². The largest absolute Gasteiger partial charge is 0.490 e. The van der Waals surface area contributed by atoms with Crippen molar-refractivity contribution in [1.82, 2.24) is 9.88 Å². The van der Waals surface area contributed by atoms with E-state index in [1.807, 2.05) is 51.1 Å². The van der Waals surface area contributed by atoms with Crippen LogP contribution in [0.4, 0.5) is 0 Å². The number of hydrogen-bond donors (Lipinski definition) is 0. The van der Waals surface area contributed by atoms with Gasteiger partial charge in [-0.25, -0.2) is 0 Å². The predicted octanol–water partition coefficient (Wildman–Crippen LogP) is 4.83. The summed E-state index contributed by atoms with van der Waals surface area (Å²) in [5.41, 5.74) is 1.28. The first-order valence-corrected chi connectivity index (χ1v) is 10.9. The van der Waals surface area contributed by atoms with Crippen LogP contribution in [0.1, 0.15) is 59.0 Å². The zero-order valence-corrected chi connectivity index (χ0v) is 18.5. The SMILES string of the molecule is CCOc1ccc([C@@](CC)(c2cccnc2)N2C(=O)c3ccccc3C2=O)cc1OCC. The second-order valence-electron chi connectivity index (χ2n) is 7.47. The maximum atomic E-state index is 13.6. The molecule has 6 heteroatoms. The summed E-state index contributed by atoms with van der Waals surface area (Å²) in [7, 11) is 0. The fourth-order valence-electron chi connectivity index (χ4n) is 4.44. The van der Waals surface area contributed by atoms with E-state index >= 15 is 0 Å². The fourth-order valence-corrected chi connectivity index (χ4v) is 4.44. The van der Waals surface area contributed by atoms with Crippen LogP contribution in [0, 0.1) is 0 Å². The van der Waals surface area contributed by atoms with Crippen LogP contribution in [0.25, 0.3) is 0 Å². The third-order valence-corrected chi connectivity index (χ3v) is 5.85. The molecule has 1 aliphatic heterocycles. The van der Waals surface area contributed by atoms with Gasteiger partial charge in [0.25, 0.3) is 11.8 Å². The molecule has 6 nitrogen and oxygen atoms in total. The average Bonchev–Trinajstić information content (AvgIpc) is 3.08. The van der Waals surface area contributed by atoms with Crippen molar-refractivity contribution in [3.8, 4) is 11.5 Å². The molecule has 0 unspecified atom stereocenters. The third kappa shape index (κ3) is 3.32. The molecule has 2 heterocycles. The highest BCUT2D eigenvalue weighted by Gasteiger charge is 2.50. The van der Waals surface area contributed by atoms with Crippen molar-refractivity contribution >= 4 is 11.8 Å². The Bertz CT molecular complexity index is 1110. The van der Waals surface area contributed by atoms with Gasteiger partial charge in [0.1, 0.15) is 5.54 Å². The van der Waals surface area contributed by atoms with E-state index in [9.17, 15) is 9.59 Å². The lowest BCUT2D eigenvalue weighted by atomic mass is 9.79. The van der Waals surface area contributed by atoms with Gasteiger partial charge in [-0.2, -0.15) is 0 Å². The summed E-state index contributed by atoms with van der Waals surface area (Å²) in [6, 6.07) is 16.3. The maximum absolute atomic E-state index is 13.6. The highest BCUT2D eigenvalue weighted by Crippen LogP contribution is 2.45. The molecule has 0 saturated heterocycles. The van der Waals surface area contributed by atoms with Gasteiger partial charge in [0.15, 0.2) is 11.5 Å². The summed E-state index contributed by atoms with van der Waals surface area (Å²) in [5, 5.41) is 0. The lowest BCUT2D eigenvalue weighted by Gasteiger charge is -2.41. The summed E-state index contributed by atoms with van der Waals surface area (Å²) < 4.78 is 11.6. The number of imide groups is 1. The van der Waals surface area contributed by atoms with Crippen molar-refractivity contribution < 1.29 is 19.1 Å². The van der Waals surface area contributed by atoms with Crippen LogP contribution in [0.5, 0.6) is 11.5 Å². The molecule has 2 aromatic carbocycles. The number of pyridine rings is 1. The summed E-state index contributed by atoms with van der Waals surface area (Å²) in [5.74, 6) is 0.563. The molecule has 0 aliphatic carbocycles. The van der Waals surface area contributed by atoms with Crippen LogP contribution in [0.2, 0.25) is 0 Å². The topological polar surface area (TPSA) is 68.7 Å². The molecule has 2 amide bonds. The van der Waals surface area contributed by atoms with Crippen molar-refractivity contribution in [1.29, 1.82) is 0 Å². The summed E-state index contributed by atoms with van der Waals surface area (Å²) >= 11 is 0. The minimum atomic E-state index is -1.06. The van der Waals surface area contributed by atoms with Crippen molar-refractivity contribution in [3.63, 3.8) is 0 Å². The summed E-state index contributed by atoms with van der Waals surface area (Å²) in [4.78, 5) is 32.8. The number of ether oxygens (including phenoxy) is 2. The number of benzene rings is 2. The lowest BCUT2D eigenvalue weighted by Crippen LogP contribution is -2.50. The second kappa shape index (κ2) is 8.83. The normalized spacial score (nSPS) is 14.8. The zero-order valence-electron chi connectivity index (χ0n) is 18.5. The zero-order chi connectivity index (χ0) is 22.7. The second-order valence-corrected chi connectivity index (χ2v) is 7.47. The van der Waals surface area contributed by atoms with Crippen LogP contribution in [-0.4, -0.2) is 34.9 Å². The molecule has 164 valence electrons. The molecule has 1 atom stereocenters. The van der Waals surface area contributed by atoms with Gasteiger partial charge >= 0.3 is 0 Å². The number of hydrogen-bond acceptors (Lipinski definition) is 5. The van der Waals surface area contributed by atoms with Crippen LogP contribution in [0.15, 0.2) is 67.0 Å². The Labute approximate surface area is 187 Å². The molecule has 0 fully saturated rings. The van der Waals surface area contributed by atoms with Gasteiger partial charge in [0.05, 0.1) is 24.3 Å². The van der Waals surface area contributed by atoms with Gasteiger partial charge in [-0.15, -0.1) is 0 Å².